The highest BCUT2D eigenvalue weighted by atomic mass is 19.1. The van der Waals surface area contributed by atoms with Crippen molar-refractivity contribution in [3.8, 4) is 0 Å². The second kappa shape index (κ2) is 11.6. The van der Waals surface area contributed by atoms with Gasteiger partial charge in [0.25, 0.3) is 0 Å². The second-order valence-corrected chi connectivity index (χ2v) is 8.79. The number of nitrogens with two attached hydrogens (primary N) is 1. The number of piperidine rings is 1. The highest BCUT2D eigenvalue weighted by molar-refractivity contribution is 5.95. The zero-order valence-electron chi connectivity index (χ0n) is 19.8. The predicted octanol–water partition coefficient (Wildman–Crippen LogP) is 3.52. The first-order valence-corrected chi connectivity index (χ1v) is 11.2. The highest BCUT2D eigenvalue weighted by Crippen LogP contribution is 2.24. The van der Waals surface area contributed by atoms with Crippen LogP contribution >= 0.6 is 0 Å². The van der Waals surface area contributed by atoms with E-state index in [0.29, 0.717) is 42.8 Å². The molecule has 2 aromatic rings. The highest BCUT2D eigenvalue weighted by Gasteiger charge is 2.24. The zero-order valence-corrected chi connectivity index (χ0v) is 19.8. The van der Waals surface area contributed by atoms with Gasteiger partial charge in [-0.05, 0) is 42.9 Å². The molecule has 1 aliphatic heterocycles. The van der Waals surface area contributed by atoms with Crippen LogP contribution in [0.1, 0.15) is 32.3 Å². The van der Waals surface area contributed by atoms with Crippen molar-refractivity contribution in [1.29, 1.82) is 5.41 Å². The van der Waals surface area contributed by atoms with Gasteiger partial charge in [0.15, 0.2) is 0 Å². The van der Waals surface area contributed by atoms with Gasteiger partial charge in [-0.25, -0.2) is 19.2 Å². The van der Waals surface area contributed by atoms with Crippen molar-refractivity contribution in [3.05, 3.63) is 42.0 Å². The van der Waals surface area contributed by atoms with Gasteiger partial charge >= 0.3 is 6.16 Å². The van der Waals surface area contributed by atoms with Gasteiger partial charge in [0, 0.05) is 38.3 Å². The van der Waals surface area contributed by atoms with Crippen molar-refractivity contribution in [2.75, 3.05) is 43.5 Å². The Morgan fingerprint density at radius 2 is 2.06 bits per heavy atom. The molecule has 1 saturated heterocycles. The number of halogens is 1. The summed E-state index contributed by atoms with van der Waals surface area (Å²) >= 11 is 0. The minimum Gasteiger partial charge on any atom is -0.433 e. The standard InChI is InChI=1S/C23H32FN7O3/c1-15(2)13-33-23(32)34-31-8-6-16(7-9-31)12-30(3)21-11-20(27-14-28-21)29-19-5-4-17(22(25)26)10-18(19)24/h4-5,10-11,14-16H,6-9,12-13H2,1-3H3,(H3,25,26)(H,27,28,29). The molecule has 4 N–H and O–H groups in total. The molecule has 0 radical (unpaired) electrons. The third-order valence-electron chi connectivity index (χ3n) is 5.43. The first-order valence-electron chi connectivity index (χ1n) is 11.2. The van der Waals surface area contributed by atoms with Gasteiger partial charge in [0.1, 0.15) is 29.6 Å². The molecule has 1 aromatic heterocycles. The molecule has 184 valence electrons. The molecule has 11 heteroatoms. The summed E-state index contributed by atoms with van der Waals surface area (Å²) in [7, 11) is 1.94. The SMILES string of the molecule is CC(C)COC(=O)ON1CCC(CN(C)c2cc(Nc3ccc(C(=N)N)cc3F)ncn2)CC1. The molecule has 0 spiro atoms. The summed E-state index contributed by atoms with van der Waals surface area (Å²) in [6.07, 6.45) is 2.50. The smallest absolute Gasteiger partial charge is 0.433 e. The number of nitrogens with one attached hydrogen (secondary N) is 2. The molecular weight excluding hydrogens is 441 g/mol. The molecule has 0 amide bonds. The van der Waals surface area contributed by atoms with Gasteiger partial charge in [0.05, 0.1) is 12.3 Å². The number of nitrogen functional groups attached to an aromatic ring is 1. The lowest BCUT2D eigenvalue weighted by molar-refractivity contribution is -0.143. The lowest BCUT2D eigenvalue weighted by atomic mass is 9.97. The van der Waals surface area contributed by atoms with Crippen LogP contribution in [0.25, 0.3) is 0 Å². The van der Waals surface area contributed by atoms with Gasteiger partial charge in [-0.2, -0.15) is 0 Å². The fraction of sp³-hybridized carbons (Fsp3) is 0.478. The number of anilines is 3. The van der Waals surface area contributed by atoms with Crippen LogP contribution < -0.4 is 16.0 Å². The summed E-state index contributed by atoms with van der Waals surface area (Å²) in [5.74, 6) is 1.10. The number of carbonyl (C=O) groups is 1. The summed E-state index contributed by atoms with van der Waals surface area (Å²) in [5, 5.41) is 12.0. The van der Waals surface area contributed by atoms with Gasteiger partial charge in [-0.1, -0.05) is 13.8 Å². The van der Waals surface area contributed by atoms with Crippen molar-refractivity contribution in [1.82, 2.24) is 15.0 Å². The maximum Gasteiger partial charge on any atom is 0.527 e. The van der Waals surface area contributed by atoms with Crippen LogP contribution in [0.3, 0.4) is 0 Å². The van der Waals surface area contributed by atoms with Crippen LogP contribution in [-0.2, 0) is 9.57 Å². The average Bonchev–Trinajstić information content (AvgIpc) is 2.80. The van der Waals surface area contributed by atoms with Crippen molar-refractivity contribution in [2.45, 2.75) is 26.7 Å². The van der Waals surface area contributed by atoms with Gasteiger partial charge in [-0.15, -0.1) is 5.06 Å². The monoisotopic (exact) mass is 473 g/mol. The number of ether oxygens (including phenoxy) is 1. The zero-order chi connectivity index (χ0) is 24.7. The van der Waals surface area contributed by atoms with E-state index in [1.807, 2.05) is 25.8 Å². The molecule has 0 aliphatic carbocycles. The number of nitrogens with zero attached hydrogens (tertiary/aromatic N) is 4. The minimum absolute atomic E-state index is 0.195. The Morgan fingerprint density at radius 3 is 2.71 bits per heavy atom. The Bertz CT molecular complexity index is 996. The van der Waals surface area contributed by atoms with E-state index in [1.54, 1.807) is 17.2 Å². The third kappa shape index (κ3) is 7.27. The number of hydrogen-bond donors (Lipinski definition) is 3. The lowest BCUT2D eigenvalue weighted by Gasteiger charge is -2.32. The number of aromatic nitrogens is 2. The Labute approximate surface area is 198 Å². The molecule has 1 aliphatic rings. The largest absolute Gasteiger partial charge is 0.527 e. The van der Waals surface area contributed by atoms with Crippen LogP contribution in [0.2, 0.25) is 0 Å². The molecule has 10 nitrogen and oxygen atoms in total. The fourth-order valence-electron chi connectivity index (χ4n) is 3.58. The number of hydroxylamine groups is 2. The Balaban J connectivity index is 1.51. The molecule has 3 rings (SSSR count). The van der Waals surface area contributed by atoms with E-state index in [0.717, 1.165) is 19.4 Å². The summed E-state index contributed by atoms with van der Waals surface area (Å²) in [5.41, 5.74) is 5.95. The summed E-state index contributed by atoms with van der Waals surface area (Å²) in [6.45, 7) is 6.33. The van der Waals surface area contributed by atoms with E-state index in [4.69, 9.17) is 20.7 Å². The number of carbonyl (C=O) groups excluding carboxylic acids is 1. The first kappa shape index (κ1) is 25.2. The minimum atomic E-state index is -0.655. The van der Waals surface area contributed by atoms with E-state index in [9.17, 15) is 9.18 Å². The number of rotatable bonds is 9. The summed E-state index contributed by atoms with van der Waals surface area (Å²) < 4.78 is 19.4. The number of hydrogen-bond acceptors (Lipinski definition) is 9. The van der Waals surface area contributed by atoms with Crippen LogP contribution in [0.15, 0.2) is 30.6 Å². The van der Waals surface area contributed by atoms with Crippen LogP contribution in [0, 0.1) is 23.1 Å². The van der Waals surface area contributed by atoms with Crippen molar-refractivity contribution >= 4 is 29.3 Å². The van der Waals surface area contributed by atoms with Crippen LogP contribution in [-0.4, -0.2) is 60.3 Å². The number of benzene rings is 1. The summed E-state index contributed by atoms with van der Waals surface area (Å²) in [6, 6.07) is 6.05. The fourth-order valence-corrected chi connectivity index (χ4v) is 3.58. The Hall–Kier alpha value is -3.47. The van der Waals surface area contributed by atoms with E-state index < -0.39 is 12.0 Å². The van der Waals surface area contributed by atoms with Crippen LogP contribution in [0.4, 0.5) is 26.5 Å². The molecule has 2 heterocycles. The molecular formula is C23H32FN7O3. The van der Waals surface area contributed by atoms with Crippen LogP contribution in [0.5, 0.6) is 0 Å². The summed E-state index contributed by atoms with van der Waals surface area (Å²) in [4.78, 5) is 27.5. The first-order chi connectivity index (χ1) is 16.2. The van der Waals surface area contributed by atoms with Gasteiger partial charge < -0.3 is 25.5 Å². The molecule has 0 unspecified atom stereocenters. The lowest BCUT2D eigenvalue weighted by Crippen LogP contribution is -2.39. The predicted molar refractivity (Wildman–Crippen MR) is 128 cm³/mol. The topological polar surface area (TPSA) is 130 Å². The second-order valence-electron chi connectivity index (χ2n) is 8.79. The molecule has 0 saturated carbocycles. The quantitative estimate of drug-likeness (QED) is 0.284. The molecule has 0 bridgehead atoms. The van der Waals surface area contributed by atoms with Crippen molar-refractivity contribution < 1.29 is 18.8 Å². The Morgan fingerprint density at radius 1 is 1.32 bits per heavy atom. The Kier molecular flexibility index (Phi) is 8.58. The molecule has 34 heavy (non-hydrogen) atoms. The maximum absolute atomic E-state index is 14.3. The van der Waals surface area contributed by atoms with E-state index in [2.05, 4.69) is 15.3 Å². The van der Waals surface area contributed by atoms with Crippen molar-refractivity contribution in [3.63, 3.8) is 0 Å². The molecule has 1 aromatic carbocycles. The van der Waals surface area contributed by atoms with E-state index in [-0.39, 0.29) is 17.4 Å². The van der Waals surface area contributed by atoms with Crippen molar-refractivity contribution in [2.24, 2.45) is 17.6 Å². The van der Waals surface area contributed by atoms with E-state index in [1.165, 1.54) is 18.5 Å². The maximum atomic E-state index is 14.3. The van der Waals surface area contributed by atoms with Gasteiger partial charge in [-0.3, -0.25) is 5.41 Å². The molecule has 1 fully saturated rings. The normalized spacial score (nSPS) is 14.6. The third-order valence-corrected chi connectivity index (χ3v) is 5.43. The molecule has 0 atom stereocenters. The number of amidine groups is 1. The van der Waals surface area contributed by atoms with Gasteiger partial charge in [0.2, 0.25) is 0 Å². The van der Waals surface area contributed by atoms with E-state index >= 15 is 0 Å². The average molecular weight is 474 g/mol.